The normalized spacial score (nSPS) is 13.8. The maximum Gasteiger partial charge on any atom is 0.261 e. The zero-order valence-corrected chi connectivity index (χ0v) is 18.5. The standard InChI is InChI=1S/C26H27N5O2/c32-25(28-16-20-7-4-5-8-21(20)17-30-14-12-27-18-30)19-10-11-22-23(15-19)29-24-9-3-1-2-6-13-31(24)26(22)33/h4-5,7-8,10-12,14-15,18H,1-3,6,9,13,16-17H2,(H,28,32). The molecule has 0 spiro atoms. The van der Waals surface area contributed by atoms with Crippen molar-refractivity contribution in [2.45, 2.75) is 51.7 Å². The van der Waals surface area contributed by atoms with Crippen molar-refractivity contribution in [3.05, 3.63) is 94.1 Å². The molecule has 4 aromatic rings. The highest BCUT2D eigenvalue weighted by molar-refractivity contribution is 5.97. The molecule has 0 atom stereocenters. The van der Waals surface area contributed by atoms with Gasteiger partial charge in [-0.05, 0) is 42.2 Å². The van der Waals surface area contributed by atoms with Gasteiger partial charge in [-0.3, -0.25) is 14.2 Å². The van der Waals surface area contributed by atoms with Gasteiger partial charge >= 0.3 is 0 Å². The van der Waals surface area contributed by atoms with E-state index in [0.29, 0.717) is 29.6 Å². The van der Waals surface area contributed by atoms with E-state index in [4.69, 9.17) is 4.98 Å². The Balaban J connectivity index is 1.36. The molecule has 0 saturated heterocycles. The van der Waals surface area contributed by atoms with Crippen molar-refractivity contribution in [2.75, 3.05) is 0 Å². The lowest BCUT2D eigenvalue weighted by Gasteiger charge is -2.16. The third-order valence-electron chi connectivity index (χ3n) is 6.30. The quantitative estimate of drug-likeness (QED) is 0.512. The van der Waals surface area contributed by atoms with Crippen molar-refractivity contribution in [2.24, 2.45) is 0 Å². The Morgan fingerprint density at radius 3 is 2.73 bits per heavy atom. The Morgan fingerprint density at radius 1 is 1.03 bits per heavy atom. The van der Waals surface area contributed by atoms with Gasteiger partial charge in [-0.15, -0.1) is 0 Å². The molecule has 2 aromatic carbocycles. The van der Waals surface area contributed by atoms with Gasteiger partial charge in [-0.2, -0.15) is 0 Å². The van der Waals surface area contributed by atoms with E-state index in [0.717, 1.165) is 49.2 Å². The van der Waals surface area contributed by atoms with E-state index in [1.807, 2.05) is 33.5 Å². The van der Waals surface area contributed by atoms with Gasteiger partial charge in [-0.1, -0.05) is 37.1 Å². The molecule has 0 aliphatic carbocycles. The van der Waals surface area contributed by atoms with E-state index in [9.17, 15) is 9.59 Å². The summed E-state index contributed by atoms with van der Waals surface area (Å²) in [5.41, 5.74) is 3.29. The summed E-state index contributed by atoms with van der Waals surface area (Å²) in [5, 5.41) is 3.59. The minimum absolute atomic E-state index is 0.00251. The fourth-order valence-corrected chi connectivity index (χ4v) is 4.48. The topological polar surface area (TPSA) is 81.8 Å². The molecule has 7 heteroatoms. The van der Waals surface area contributed by atoms with Crippen LogP contribution in [0.2, 0.25) is 0 Å². The number of rotatable bonds is 5. The summed E-state index contributed by atoms with van der Waals surface area (Å²) >= 11 is 0. The van der Waals surface area contributed by atoms with E-state index in [-0.39, 0.29) is 11.5 Å². The molecule has 168 valence electrons. The number of nitrogens with one attached hydrogen (secondary N) is 1. The predicted molar refractivity (Wildman–Crippen MR) is 127 cm³/mol. The number of nitrogens with zero attached hydrogens (tertiary/aromatic N) is 4. The summed E-state index contributed by atoms with van der Waals surface area (Å²) in [7, 11) is 0. The van der Waals surface area contributed by atoms with Crippen LogP contribution in [-0.2, 0) is 26.1 Å². The second-order valence-electron chi connectivity index (χ2n) is 8.57. The van der Waals surface area contributed by atoms with Crippen molar-refractivity contribution in [3.63, 3.8) is 0 Å². The summed E-state index contributed by atoms with van der Waals surface area (Å²) in [5.74, 6) is 0.654. The van der Waals surface area contributed by atoms with Crippen molar-refractivity contribution in [1.29, 1.82) is 0 Å². The number of imidazole rings is 1. The van der Waals surface area contributed by atoms with Crippen LogP contribution in [0.1, 0.15) is 53.0 Å². The van der Waals surface area contributed by atoms with Gasteiger partial charge in [0.25, 0.3) is 11.5 Å². The Morgan fingerprint density at radius 2 is 1.88 bits per heavy atom. The van der Waals surface area contributed by atoms with Gasteiger partial charge in [0, 0.05) is 44.0 Å². The smallest absolute Gasteiger partial charge is 0.261 e. The number of aryl methyl sites for hydroxylation is 1. The van der Waals surface area contributed by atoms with Gasteiger partial charge in [0.05, 0.1) is 17.2 Å². The first kappa shape index (κ1) is 21.1. The summed E-state index contributed by atoms with van der Waals surface area (Å²) in [4.78, 5) is 34.8. The molecule has 3 heterocycles. The first-order valence-corrected chi connectivity index (χ1v) is 11.5. The number of hydrogen-bond acceptors (Lipinski definition) is 4. The van der Waals surface area contributed by atoms with Crippen LogP contribution in [0.25, 0.3) is 10.9 Å². The van der Waals surface area contributed by atoms with Gasteiger partial charge < -0.3 is 9.88 Å². The lowest BCUT2D eigenvalue weighted by molar-refractivity contribution is 0.0951. The Kier molecular flexibility index (Phi) is 6.02. The van der Waals surface area contributed by atoms with Crippen LogP contribution in [0.3, 0.4) is 0 Å². The first-order valence-electron chi connectivity index (χ1n) is 11.5. The maximum atomic E-state index is 13.0. The second-order valence-corrected chi connectivity index (χ2v) is 8.57. The van der Waals surface area contributed by atoms with Crippen LogP contribution < -0.4 is 10.9 Å². The van der Waals surface area contributed by atoms with Crippen LogP contribution in [-0.4, -0.2) is 25.0 Å². The predicted octanol–water partition coefficient (Wildman–Crippen LogP) is 3.69. The minimum atomic E-state index is -0.178. The first-order chi connectivity index (χ1) is 16.2. The molecule has 0 radical (unpaired) electrons. The highest BCUT2D eigenvalue weighted by Crippen LogP contribution is 2.17. The fourth-order valence-electron chi connectivity index (χ4n) is 4.48. The number of aromatic nitrogens is 4. The van der Waals surface area contributed by atoms with Crippen LogP contribution in [0.4, 0.5) is 0 Å². The van der Waals surface area contributed by atoms with Crippen molar-refractivity contribution in [1.82, 2.24) is 24.4 Å². The van der Waals surface area contributed by atoms with Crippen LogP contribution >= 0.6 is 0 Å². The average molecular weight is 442 g/mol. The zero-order valence-electron chi connectivity index (χ0n) is 18.5. The molecule has 5 rings (SSSR count). The molecule has 1 amide bonds. The zero-order chi connectivity index (χ0) is 22.6. The maximum absolute atomic E-state index is 13.0. The van der Waals surface area contributed by atoms with E-state index in [1.165, 1.54) is 6.42 Å². The number of carbonyl (C=O) groups excluding carboxylic acids is 1. The minimum Gasteiger partial charge on any atom is -0.348 e. The monoisotopic (exact) mass is 441 g/mol. The summed E-state index contributed by atoms with van der Waals surface area (Å²) in [6, 6.07) is 13.2. The molecule has 2 aromatic heterocycles. The van der Waals surface area contributed by atoms with Crippen LogP contribution in [0.5, 0.6) is 0 Å². The number of hydrogen-bond donors (Lipinski definition) is 1. The summed E-state index contributed by atoms with van der Waals surface area (Å²) in [6.45, 7) is 1.83. The molecule has 0 fully saturated rings. The number of benzene rings is 2. The number of carbonyl (C=O) groups is 1. The van der Waals surface area contributed by atoms with Crippen LogP contribution in [0, 0.1) is 0 Å². The van der Waals surface area contributed by atoms with Crippen molar-refractivity contribution in [3.8, 4) is 0 Å². The average Bonchev–Trinajstić information content (AvgIpc) is 3.32. The molecule has 1 aliphatic rings. The SMILES string of the molecule is O=C(NCc1ccccc1Cn1ccnc1)c1ccc2c(=O)n3c(nc2c1)CCCCCC3. The summed E-state index contributed by atoms with van der Waals surface area (Å²) < 4.78 is 3.82. The van der Waals surface area contributed by atoms with Gasteiger partial charge in [0.2, 0.25) is 0 Å². The van der Waals surface area contributed by atoms with E-state index >= 15 is 0 Å². The Bertz CT molecular complexity index is 1340. The second kappa shape index (κ2) is 9.40. The van der Waals surface area contributed by atoms with E-state index in [1.54, 1.807) is 30.7 Å². The molecular formula is C26H27N5O2. The Hall–Kier alpha value is -3.74. The third kappa shape index (κ3) is 4.58. The highest BCUT2D eigenvalue weighted by atomic mass is 16.1. The van der Waals surface area contributed by atoms with Crippen molar-refractivity contribution < 1.29 is 4.79 Å². The largest absolute Gasteiger partial charge is 0.348 e. The molecule has 1 aliphatic heterocycles. The molecule has 1 N–H and O–H groups in total. The van der Waals surface area contributed by atoms with Gasteiger partial charge in [-0.25, -0.2) is 9.97 Å². The summed E-state index contributed by atoms with van der Waals surface area (Å²) in [6.07, 6.45) is 10.6. The van der Waals surface area contributed by atoms with E-state index < -0.39 is 0 Å². The number of fused-ring (bicyclic) bond motifs is 2. The fraction of sp³-hybridized carbons (Fsp3) is 0.308. The van der Waals surface area contributed by atoms with Crippen LogP contribution in [0.15, 0.2) is 66.0 Å². The molecule has 33 heavy (non-hydrogen) atoms. The number of amides is 1. The van der Waals surface area contributed by atoms with Gasteiger partial charge in [0.15, 0.2) is 0 Å². The van der Waals surface area contributed by atoms with E-state index in [2.05, 4.69) is 16.4 Å². The lowest BCUT2D eigenvalue weighted by Crippen LogP contribution is -2.27. The molecular weight excluding hydrogens is 414 g/mol. The van der Waals surface area contributed by atoms with Crippen molar-refractivity contribution >= 4 is 16.8 Å². The third-order valence-corrected chi connectivity index (χ3v) is 6.30. The van der Waals surface area contributed by atoms with Gasteiger partial charge in [0.1, 0.15) is 5.82 Å². The highest BCUT2D eigenvalue weighted by Gasteiger charge is 2.15. The molecule has 0 bridgehead atoms. The molecule has 0 saturated carbocycles. The Labute approximate surface area is 192 Å². The molecule has 0 unspecified atom stereocenters. The molecule has 7 nitrogen and oxygen atoms in total. The lowest BCUT2D eigenvalue weighted by atomic mass is 10.1.